The van der Waals surface area contributed by atoms with E-state index in [2.05, 4.69) is 46.6 Å². The van der Waals surface area contributed by atoms with Crippen LogP contribution in [0.25, 0.3) is 0 Å². The Bertz CT molecular complexity index is 1630. The summed E-state index contributed by atoms with van der Waals surface area (Å²) in [5, 5.41) is 3.40. The van der Waals surface area contributed by atoms with Crippen molar-refractivity contribution in [2.75, 3.05) is 13.2 Å². The predicted octanol–water partition coefficient (Wildman–Crippen LogP) is 6.74. The second-order valence-electron chi connectivity index (χ2n) is 11.7. The summed E-state index contributed by atoms with van der Waals surface area (Å²) in [6, 6.07) is 23.6. The highest BCUT2D eigenvalue weighted by molar-refractivity contribution is 8.15. The third-order valence-electron chi connectivity index (χ3n) is 8.07. The van der Waals surface area contributed by atoms with Crippen molar-refractivity contribution in [1.82, 2.24) is 20.6 Å². The molecule has 0 saturated carbocycles. The van der Waals surface area contributed by atoms with Gasteiger partial charge < -0.3 is 9.47 Å². The summed E-state index contributed by atoms with van der Waals surface area (Å²) in [4.78, 5) is 54.4. The number of pyridine rings is 2. The van der Waals surface area contributed by atoms with Gasteiger partial charge in [0.15, 0.2) is 0 Å². The number of halogens is 1. The van der Waals surface area contributed by atoms with Gasteiger partial charge in [-0.1, -0.05) is 73.8 Å². The lowest BCUT2D eigenvalue weighted by Crippen LogP contribution is -2.25. The van der Waals surface area contributed by atoms with Gasteiger partial charge in [0.25, 0.3) is 10.5 Å². The van der Waals surface area contributed by atoms with E-state index in [9.17, 15) is 19.2 Å². The van der Waals surface area contributed by atoms with Crippen molar-refractivity contribution in [3.8, 4) is 11.5 Å². The SMILES string of the molecule is CCc1ccc(CCOc2ccc(CC3SC(=O)NC3=O)cc2)nc1.CCc1ccc(CCOc2ccc(CC3SC(=O)NC3=O)cc2)nc1.Cl. The Hall–Kier alpha value is -4.39. The number of hydrogen-bond acceptors (Lipinski definition) is 10. The van der Waals surface area contributed by atoms with Gasteiger partial charge in [-0.25, -0.2) is 0 Å². The summed E-state index contributed by atoms with van der Waals surface area (Å²) in [6.07, 6.45) is 8.39. The van der Waals surface area contributed by atoms with Gasteiger partial charge in [-0.2, -0.15) is 0 Å². The maximum atomic E-state index is 11.6. The molecule has 2 atom stereocenters. The Morgan fingerprint density at radius 2 is 0.941 bits per heavy atom. The number of nitrogens with one attached hydrogen (secondary N) is 2. The molecular formula is C38H41ClN4O6S2. The fourth-order valence-corrected chi connectivity index (χ4v) is 6.82. The lowest BCUT2D eigenvalue weighted by Gasteiger charge is -2.09. The number of aromatic nitrogens is 2. The van der Waals surface area contributed by atoms with Crippen LogP contribution in [0.15, 0.2) is 85.2 Å². The molecule has 2 aromatic carbocycles. The van der Waals surface area contributed by atoms with E-state index in [4.69, 9.17) is 9.47 Å². The molecule has 2 N–H and O–H groups in total. The second kappa shape index (κ2) is 19.9. The van der Waals surface area contributed by atoms with Crippen molar-refractivity contribution < 1.29 is 28.7 Å². The van der Waals surface area contributed by atoms with Crippen LogP contribution in [0.5, 0.6) is 11.5 Å². The Kier molecular flexibility index (Phi) is 15.3. The zero-order chi connectivity index (χ0) is 35.3. The number of benzene rings is 2. The minimum atomic E-state index is -0.337. The largest absolute Gasteiger partial charge is 0.493 e. The van der Waals surface area contributed by atoms with Gasteiger partial charge in [0.05, 0.1) is 23.7 Å². The number of aryl methyl sites for hydroxylation is 2. The topological polar surface area (TPSA) is 137 Å². The molecule has 0 radical (unpaired) electrons. The molecular weight excluding hydrogens is 708 g/mol. The number of nitrogens with zero attached hydrogens (tertiary/aromatic N) is 2. The van der Waals surface area contributed by atoms with E-state index in [1.807, 2.05) is 73.1 Å². The Morgan fingerprint density at radius 3 is 1.24 bits per heavy atom. The van der Waals surface area contributed by atoms with Gasteiger partial charge in [-0.05, 0) is 84.3 Å². The fourth-order valence-electron chi connectivity index (χ4n) is 5.10. The normalized spacial score (nSPS) is 16.4. The average molecular weight is 749 g/mol. The first-order valence-electron chi connectivity index (χ1n) is 16.6. The van der Waals surface area contributed by atoms with Crippen LogP contribution >= 0.6 is 35.9 Å². The third-order valence-corrected chi connectivity index (χ3v) is 10.0. The van der Waals surface area contributed by atoms with Crippen molar-refractivity contribution in [2.45, 2.75) is 62.9 Å². The van der Waals surface area contributed by atoms with E-state index >= 15 is 0 Å². The summed E-state index contributed by atoms with van der Waals surface area (Å²) in [7, 11) is 0. The zero-order valence-electron chi connectivity index (χ0n) is 28.5. The number of imide groups is 2. The molecule has 2 unspecified atom stereocenters. The number of ether oxygens (including phenoxy) is 2. The Morgan fingerprint density at radius 1 is 0.569 bits per heavy atom. The first-order valence-corrected chi connectivity index (χ1v) is 18.4. The van der Waals surface area contributed by atoms with E-state index in [1.165, 1.54) is 11.1 Å². The monoisotopic (exact) mass is 748 g/mol. The van der Waals surface area contributed by atoms with Crippen molar-refractivity contribution in [3.63, 3.8) is 0 Å². The molecule has 0 bridgehead atoms. The number of thioether (sulfide) groups is 2. The average Bonchev–Trinajstić information content (AvgIpc) is 3.63. The lowest BCUT2D eigenvalue weighted by molar-refractivity contribution is -0.119. The maximum absolute atomic E-state index is 11.6. The first-order chi connectivity index (χ1) is 24.3. The van der Waals surface area contributed by atoms with E-state index < -0.39 is 0 Å². The minimum Gasteiger partial charge on any atom is -0.493 e. The van der Waals surface area contributed by atoms with Crippen LogP contribution in [0.2, 0.25) is 0 Å². The standard InChI is InChI=1S/2C19H20N2O3S.ClH/c2*1-2-13-3-6-15(20-12-13)9-10-24-16-7-4-14(5-8-16)11-17-18(22)21-19(23)25-17;/h2*3-8,12,17H,2,9-11H2,1H3,(H,21,22,23);1H. The second-order valence-corrected chi connectivity index (χ2v) is 14.0. The molecule has 0 spiro atoms. The van der Waals surface area contributed by atoms with Gasteiger partial charge in [-0.3, -0.25) is 39.8 Å². The third kappa shape index (κ3) is 12.4. The molecule has 0 aliphatic carbocycles. The van der Waals surface area contributed by atoms with Crippen LogP contribution in [0.4, 0.5) is 9.59 Å². The zero-order valence-corrected chi connectivity index (χ0v) is 30.9. The van der Waals surface area contributed by atoms with E-state index in [0.29, 0.717) is 26.1 Å². The minimum absolute atomic E-state index is 0. The highest BCUT2D eigenvalue weighted by Crippen LogP contribution is 2.25. The van der Waals surface area contributed by atoms with Crippen LogP contribution in [0.1, 0.15) is 47.5 Å². The quantitative estimate of drug-likeness (QED) is 0.143. The number of amides is 4. The summed E-state index contributed by atoms with van der Waals surface area (Å²) >= 11 is 2.10. The van der Waals surface area contributed by atoms with E-state index in [1.54, 1.807) is 0 Å². The van der Waals surface area contributed by atoms with Crippen LogP contribution in [-0.4, -0.2) is 56.0 Å². The molecule has 10 nitrogen and oxygen atoms in total. The van der Waals surface area contributed by atoms with Crippen molar-refractivity contribution in [3.05, 3.63) is 119 Å². The Labute approximate surface area is 312 Å². The summed E-state index contributed by atoms with van der Waals surface area (Å²) < 4.78 is 11.5. The Balaban J connectivity index is 0.000000224. The number of carbonyl (C=O) groups is 4. The van der Waals surface area contributed by atoms with Crippen LogP contribution in [0.3, 0.4) is 0 Å². The van der Waals surface area contributed by atoms with E-state index in [0.717, 1.165) is 83.2 Å². The van der Waals surface area contributed by atoms with Gasteiger partial charge >= 0.3 is 0 Å². The highest BCUT2D eigenvalue weighted by Gasteiger charge is 2.32. The smallest absolute Gasteiger partial charge is 0.286 e. The van der Waals surface area contributed by atoms with Gasteiger partial charge in [0.1, 0.15) is 11.5 Å². The molecule has 6 rings (SSSR count). The molecule has 4 amide bonds. The molecule has 2 fully saturated rings. The molecule has 4 aromatic rings. The van der Waals surface area contributed by atoms with Crippen LogP contribution < -0.4 is 20.1 Å². The van der Waals surface area contributed by atoms with Crippen LogP contribution in [0, 0.1) is 0 Å². The van der Waals surface area contributed by atoms with Gasteiger partial charge in [0.2, 0.25) is 11.8 Å². The molecule has 2 aliphatic heterocycles. The maximum Gasteiger partial charge on any atom is 0.286 e. The lowest BCUT2D eigenvalue weighted by atomic mass is 10.1. The molecule has 268 valence electrons. The molecule has 4 heterocycles. The predicted molar refractivity (Wildman–Crippen MR) is 203 cm³/mol. The molecule has 51 heavy (non-hydrogen) atoms. The highest BCUT2D eigenvalue weighted by atomic mass is 35.5. The van der Waals surface area contributed by atoms with Gasteiger partial charge in [-0.15, -0.1) is 12.4 Å². The van der Waals surface area contributed by atoms with E-state index in [-0.39, 0.29) is 45.2 Å². The van der Waals surface area contributed by atoms with Gasteiger partial charge in [0, 0.05) is 36.6 Å². The number of hydrogen-bond donors (Lipinski definition) is 2. The number of rotatable bonds is 14. The first kappa shape index (κ1) is 39.4. The number of carbonyl (C=O) groups excluding carboxylic acids is 4. The van der Waals surface area contributed by atoms with Crippen molar-refractivity contribution >= 4 is 58.2 Å². The molecule has 2 aliphatic rings. The molecule has 13 heteroatoms. The summed E-state index contributed by atoms with van der Waals surface area (Å²) in [6.45, 7) is 5.35. The fraction of sp³-hybridized carbons (Fsp3) is 0.316. The van der Waals surface area contributed by atoms with Crippen LogP contribution in [-0.2, 0) is 48.1 Å². The summed E-state index contributed by atoms with van der Waals surface area (Å²) in [5.41, 5.74) is 6.51. The van der Waals surface area contributed by atoms with Crippen molar-refractivity contribution in [1.29, 1.82) is 0 Å². The molecule has 2 aromatic heterocycles. The summed E-state index contributed by atoms with van der Waals surface area (Å²) in [5.74, 6) is 1.15. The molecule has 2 saturated heterocycles. The van der Waals surface area contributed by atoms with Crippen molar-refractivity contribution in [2.24, 2.45) is 0 Å².